The Morgan fingerprint density at radius 3 is 2.42 bits per heavy atom. The van der Waals surface area contributed by atoms with Gasteiger partial charge in [-0.3, -0.25) is 0 Å². The second kappa shape index (κ2) is 5.93. The van der Waals surface area contributed by atoms with Gasteiger partial charge in [-0.1, -0.05) is 48.4 Å². The molecule has 0 unspecified atom stereocenters. The minimum atomic E-state index is 0. The normalized spacial score (nSPS) is 10.4. The zero-order valence-electron chi connectivity index (χ0n) is 11.4. The van der Waals surface area contributed by atoms with Crippen LogP contribution in [0.4, 0.5) is 0 Å². The summed E-state index contributed by atoms with van der Waals surface area (Å²) >= 11 is 0. The minimum absolute atomic E-state index is 0. The number of fused-ring (bicyclic) bond motifs is 1. The van der Waals surface area contributed by atoms with Gasteiger partial charge in [-0.15, -0.1) is 34.5 Å². The van der Waals surface area contributed by atoms with Crippen LogP contribution in [0, 0.1) is 6.92 Å². The summed E-state index contributed by atoms with van der Waals surface area (Å²) in [5.74, 6) is 0. The molecule has 0 saturated heterocycles. The monoisotopic (exact) mass is 323 g/mol. The summed E-state index contributed by atoms with van der Waals surface area (Å²) in [6, 6.07) is 20.0. The molecule has 0 aliphatic rings. The summed E-state index contributed by atoms with van der Waals surface area (Å²) in [5.41, 5.74) is 5.37. The average Bonchev–Trinajstić information content (AvgIpc) is 2.82. The summed E-state index contributed by atoms with van der Waals surface area (Å²) in [5, 5.41) is 2.73. The van der Waals surface area contributed by atoms with Crippen LogP contribution in [0.2, 0.25) is 0 Å². The van der Waals surface area contributed by atoms with Crippen molar-refractivity contribution in [1.82, 2.24) is 0 Å². The van der Waals surface area contributed by atoms with Crippen molar-refractivity contribution in [1.29, 1.82) is 0 Å². The SMILES string of the molecule is CCc1cc2c(-c3ccc(C)cc3)cccc2[cH-]1.[Zr]. The Kier molecular flexibility index (Phi) is 4.47. The fourth-order valence-electron chi connectivity index (χ4n) is 2.49. The maximum atomic E-state index is 2.32. The maximum Gasteiger partial charge on any atom is 0 e. The molecule has 3 rings (SSSR count). The molecule has 3 aromatic carbocycles. The summed E-state index contributed by atoms with van der Waals surface area (Å²) in [6.07, 6.45) is 1.10. The van der Waals surface area contributed by atoms with Crippen molar-refractivity contribution in [3.05, 3.63) is 65.7 Å². The van der Waals surface area contributed by atoms with Gasteiger partial charge < -0.3 is 0 Å². The molecule has 94 valence electrons. The Balaban J connectivity index is 0.00000133. The first-order valence-corrected chi connectivity index (χ1v) is 6.53. The summed E-state index contributed by atoms with van der Waals surface area (Å²) in [7, 11) is 0. The van der Waals surface area contributed by atoms with Gasteiger partial charge in [-0.05, 0) is 18.9 Å². The Morgan fingerprint density at radius 1 is 1.00 bits per heavy atom. The predicted molar refractivity (Wildman–Crippen MR) is 79.1 cm³/mol. The van der Waals surface area contributed by atoms with Gasteiger partial charge in [0.15, 0.2) is 0 Å². The summed E-state index contributed by atoms with van der Waals surface area (Å²) < 4.78 is 0. The molecule has 0 saturated carbocycles. The van der Waals surface area contributed by atoms with Crippen molar-refractivity contribution in [3.63, 3.8) is 0 Å². The third kappa shape index (κ3) is 2.77. The van der Waals surface area contributed by atoms with E-state index in [0.29, 0.717) is 0 Å². The molecule has 0 N–H and O–H groups in total. The molecule has 3 aromatic rings. The Morgan fingerprint density at radius 2 is 1.74 bits per heavy atom. The molecule has 0 aliphatic heterocycles. The molecule has 1 heteroatoms. The first-order valence-electron chi connectivity index (χ1n) is 6.53. The van der Waals surface area contributed by atoms with Gasteiger partial charge >= 0.3 is 0 Å². The molecule has 0 nitrogen and oxygen atoms in total. The van der Waals surface area contributed by atoms with Crippen LogP contribution in [0.15, 0.2) is 54.6 Å². The van der Waals surface area contributed by atoms with Gasteiger partial charge in [-0.2, -0.15) is 6.07 Å². The van der Waals surface area contributed by atoms with Crippen molar-refractivity contribution >= 4 is 10.8 Å². The fraction of sp³-hybridized carbons (Fsp3) is 0.167. The van der Waals surface area contributed by atoms with Gasteiger partial charge in [0.2, 0.25) is 0 Å². The molecular formula is C18H17Zr-. The number of rotatable bonds is 2. The first-order chi connectivity index (χ1) is 8.78. The van der Waals surface area contributed by atoms with Crippen molar-refractivity contribution in [2.45, 2.75) is 20.3 Å². The minimum Gasteiger partial charge on any atom is -0.164 e. The zero-order chi connectivity index (χ0) is 12.5. The molecule has 0 spiro atoms. The van der Waals surface area contributed by atoms with Crippen LogP contribution in [0.5, 0.6) is 0 Å². The van der Waals surface area contributed by atoms with E-state index in [-0.39, 0.29) is 26.2 Å². The Hall–Kier alpha value is -1.07. The molecule has 0 bridgehead atoms. The van der Waals surface area contributed by atoms with E-state index >= 15 is 0 Å². The van der Waals surface area contributed by atoms with Crippen molar-refractivity contribution < 1.29 is 26.2 Å². The van der Waals surface area contributed by atoms with Crippen LogP contribution >= 0.6 is 0 Å². The van der Waals surface area contributed by atoms with Crippen LogP contribution in [0.25, 0.3) is 21.9 Å². The van der Waals surface area contributed by atoms with Crippen LogP contribution < -0.4 is 0 Å². The summed E-state index contributed by atoms with van der Waals surface area (Å²) in [6.45, 7) is 4.34. The van der Waals surface area contributed by atoms with Gasteiger partial charge in [0.1, 0.15) is 0 Å². The second-order valence-corrected chi connectivity index (χ2v) is 4.89. The zero-order valence-corrected chi connectivity index (χ0v) is 13.9. The Labute approximate surface area is 134 Å². The van der Waals surface area contributed by atoms with Crippen LogP contribution in [0.3, 0.4) is 0 Å². The van der Waals surface area contributed by atoms with E-state index in [0.717, 1.165) is 6.42 Å². The third-order valence-corrected chi connectivity index (χ3v) is 3.58. The van der Waals surface area contributed by atoms with Gasteiger partial charge in [0, 0.05) is 26.2 Å². The van der Waals surface area contributed by atoms with Crippen LogP contribution in [-0.2, 0) is 32.6 Å². The largest absolute Gasteiger partial charge is 0.164 e. The molecule has 0 heterocycles. The van der Waals surface area contributed by atoms with Crippen LogP contribution in [0.1, 0.15) is 18.1 Å². The van der Waals surface area contributed by atoms with Gasteiger partial charge in [-0.25, -0.2) is 0 Å². The number of aryl methyl sites for hydroxylation is 2. The molecular weight excluding hydrogens is 307 g/mol. The van der Waals surface area contributed by atoms with E-state index in [1.165, 1.54) is 33.0 Å². The van der Waals surface area contributed by atoms with E-state index in [1.807, 2.05) is 0 Å². The molecule has 0 radical (unpaired) electrons. The molecule has 0 atom stereocenters. The molecule has 19 heavy (non-hydrogen) atoms. The quantitative estimate of drug-likeness (QED) is 0.576. The van der Waals surface area contributed by atoms with Crippen molar-refractivity contribution in [3.8, 4) is 11.1 Å². The van der Waals surface area contributed by atoms with E-state index in [4.69, 9.17) is 0 Å². The van der Waals surface area contributed by atoms with Crippen molar-refractivity contribution in [2.75, 3.05) is 0 Å². The van der Waals surface area contributed by atoms with E-state index < -0.39 is 0 Å². The topological polar surface area (TPSA) is 0 Å². The van der Waals surface area contributed by atoms with Gasteiger partial charge in [0.25, 0.3) is 0 Å². The predicted octanol–water partition coefficient (Wildman–Crippen LogP) is 5.09. The molecule has 0 aliphatic carbocycles. The number of hydrogen-bond acceptors (Lipinski definition) is 0. The number of hydrogen-bond donors (Lipinski definition) is 0. The maximum absolute atomic E-state index is 2.32. The second-order valence-electron chi connectivity index (χ2n) is 4.89. The van der Waals surface area contributed by atoms with Crippen molar-refractivity contribution in [2.24, 2.45) is 0 Å². The number of benzene rings is 2. The summed E-state index contributed by atoms with van der Waals surface area (Å²) in [4.78, 5) is 0. The smallest absolute Gasteiger partial charge is 0 e. The molecule has 0 fully saturated rings. The van der Waals surface area contributed by atoms with E-state index in [1.54, 1.807) is 0 Å². The third-order valence-electron chi connectivity index (χ3n) is 3.58. The van der Waals surface area contributed by atoms with Gasteiger partial charge in [0.05, 0.1) is 0 Å². The molecule has 0 amide bonds. The van der Waals surface area contributed by atoms with Crippen LogP contribution in [-0.4, -0.2) is 0 Å². The van der Waals surface area contributed by atoms with E-state index in [2.05, 4.69) is 68.4 Å². The fourth-order valence-corrected chi connectivity index (χ4v) is 2.49. The molecule has 0 aromatic heterocycles. The Bertz CT molecular complexity index is 674. The standard InChI is InChI=1S/C18H17.Zr/c1-3-14-11-16-5-4-6-17(18(16)12-14)15-9-7-13(2)8-10-15;/h4-12H,3H2,1-2H3;/q-1;. The first kappa shape index (κ1) is 14.3. The average molecular weight is 325 g/mol. The van der Waals surface area contributed by atoms with E-state index in [9.17, 15) is 0 Å².